The lowest BCUT2D eigenvalue weighted by molar-refractivity contribution is 0.216. The van der Waals surface area contributed by atoms with Crippen molar-refractivity contribution in [1.82, 2.24) is 15.0 Å². The molecule has 0 fully saturated rings. The van der Waals surface area contributed by atoms with Crippen LogP contribution in [0.4, 0.5) is 0 Å². The number of hydrogen-bond acceptors (Lipinski definition) is 6. The Morgan fingerprint density at radius 3 is 1.96 bits per heavy atom. The first-order chi connectivity index (χ1) is 12.7. The molecule has 134 valence electrons. The summed E-state index contributed by atoms with van der Waals surface area (Å²) in [5.74, 6) is 0. The first-order valence-corrected chi connectivity index (χ1v) is 7.95. The summed E-state index contributed by atoms with van der Waals surface area (Å²) >= 11 is 0. The summed E-state index contributed by atoms with van der Waals surface area (Å²) in [5, 5.41) is 0. The van der Waals surface area contributed by atoms with Crippen molar-refractivity contribution in [2.24, 2.45) is 0 Å². The van der Waals surface area contributed by atoms with E-state index in [0.29, 0.717) is 0 Å². The first-order valence-electron chi connectivity index (χ1n) is 7.95. The van der Waals surface area contributed by atoms with Crippen molar-refractivity contribution in [1.29, 1.82) is 0 Å². The molecule has 0 saturated carbocycles. The second-order valence-electron chi connectivity index (χ2n) is 4.99. The third kappa shape index (κ3) is 5.04. The van der Waals surface area contributed by atoms with Crippen molar-refractivity contribution in [3.63, 3.8) is 0 Å². The Labute approximate surface area is 153 Å². The predicted octanol–water partition coefficient (Wildman–Crippen LogP) is 3.95. The van der Waals surface area contributed by atoms with Gasteiger partial charge in [0.15, 0.2) is 0 Å². The molecule has 0 spiro atoms. The normalized spacial score (nSPS) is 11.1. The summed E-state index contributed by atoms with van der Waals surface area (Å²) in [6.07, 6.45) is 6.09. The van der Waals surface area contributed by atoms with Gasteiger partial charge in [-0.15, -0.1) is 15.0 Å². The van der Waals surface area contributed by atoms with Crippen LogP contribution in [-0.2, 0) is 0 Å². The van der Waals surface area contributed by atoms with E-state index >= 15 is 0 Å². The standard InChI is InChI=1S/C20H21N3O3/c1-5-13-24-18-21-19(25-14-6-2)23-20(22-18)26-17(8-4)16-12-10-9-11-15(16)7-3/h5-12,17H,1-4,13-14H2. The zero-order chi connectivity index (χ0) is 18.8. The van der Waals surface area contributed by atoms with E-state index in [1.54, 1.807) is 24.3 Å². The van der Waals surface area contributed by atoms with Gasteiger partial charge in [0, 0.05) is 5.56 Å². The molecule has 1 aromatic carbocycles. The van der Waals surface area contributed by atoms with Gasteiger partial charge in [0.25, 0.3) is 0 Å². The van der Waals surface area contributed by atoms with Crippen LogP contribution in [0.3, 0.4) is 0 Å². The Balaban J connectivity index is 2.32. The number of aromatic nitrogens is 3. The fourth-order valence-electron chi connectivity index (χ4n) is 2.08. The van der Waals surface area contributed by atoms with E-state index in [9.17, 15) is 0 Å². The van der Waals surface area contributed by atoms with Crippen molar-refractivity contribution in [3.8, 4) is 18.0 Å². The van der Waals surface area contributed by atoms with Crippen LogP contribution in [-0.4, -0.2) is 28.2 Å². The molecule has 0 aliphatic carbocycles. The van der Waals surface area contributed by atoms with E-state index in [1.807, 2.05) is 24.3 Å². The molecule has 1 atom stereocenters. The summed E-state index contributed by atoms with van der Waals surface area (Å²) in [6.45, 7) is 15.3. The van der Waals surface area contributed by atoms with E-state index in [4.69, 9.17) is 14.2 Å². The molecule has 6 heteroatoms. The van der Waals surface area contributed by atoms with Crippen molar-refractivity contribution in [2.75, 3.05) is 13.2 Å². The van der Waals surface area contributed by atoms with Crippen LogP contribution in [0.25, 0.3) is 6.08 Å². The minimum Gasteiger partial charge on any atom is -0.459 e. The van der Waals surface area contributed by atoms with Crippen molar-refractivity contribution >= 4 is 6.08 Å². The molecule has 1 aromatic heterocycles. The van der Waals surface area contributed by atoms with Gasteiger partial charge in [-0.1, -0.05) is 68.8 Å². The number of rotatable bonds is 11. The number of nitrogens with zero attached hydrogens (tertiary/aromatic N) is 3. The van der Waals surface area contributed by atoms with Gasteiger partial charge in [-0.3, -0.25) is 0 Å². The zero-order valence-corrected chi connectivity index (χ0v) is 14.5. The molecule has 0 radical (unpaired) electrons. The van der Waals surface area contributed by atoms with E-state index in [2.05, 4.69) is 41.3 Å². The van der Waals surface area contributed by atoms with Gasteiger partial charge in [0.05, 0.1) is 0 Å². The highest BCUT2D eigenvalue weighted by molar-refractivity contribution is 5.53. The molecule has 2 rings (SSSR count). The second-order valence-corrected chi connectivity index (χ2v) is 4.99. The molecule has 0 aliphatic heterocycles. The van der Waals surface area contributed by atoms with Crippen molar-refractivity contribution in [2.45, 2.75) is 6.10 Å². The second kappa shape index (κ2) is 9.78. The van der Waals surface area contributed by atoms with Crippen molar-refractivity contribution in [3.05, 3.63) is 79.9 Å². The lowest BCUT2D eigenvalue weighted by atomic mass is 10.0. The largest absolute Gasteiger partial charge is 0.459 e. The fourth-order valence-corrected chi connectivity index (χ4v) is 2.08. The van der Waals surface area contributed by atoms with Gasteiger partial charge >= 0.3 is 18.0 Å². The smallest absolute Gasteiger partial charge is 0.326 e. The van der Waals surface area contributed by atoms with Gasteiger partial charge in [0.2, 0.25) is 0 Å². The summed E-state index contributed by atoms with van der Waals surface area (Å²) in [6, 6.07) is 7.91. The van der Waals surface area contributed by atoms with Crippen LogP contribution in [0.2, 0.25) is 0 Å². The van der Waals surface area contributed by atoms with Gasteiger partial charge < -0.3 is 14.2 Å². The molecule has 1 heterocycles. The highest BCUT2D eigenvalue weighted by Gasteiger charge is 2.16. The minimum atomic E-state index is -0.480. The fraction of sp³-hybridized carbons (Fsp3) is 0.150. The van der Waals surface area contributed by atoms with Crippen LogP contribution in [0.15, 0.2) is 68.8 Å². The Hall–Kier alpha value is -3.41. The SMILES string of the molecule is C=CCOc1nc(OCC=C)nc(OC(C=C)c2ccccc2C=C)n1. The average Bonchev–Trinajstić information content (AvgIpc) is 2.68. The molecule has 26 heavy (non-hydrogen) atoms. The third-order valence-electron chi connectivity index (χ3n) is 3.20. The first kappa shape index (κ1) is 18.9. The maximum absolute atomic E-state index is 5.89. The van der Waals surface area contributed by atoms with Gasteiger partial charge in [0.1, 0.15) is 19.3 Å². The summed E-state index contributed by atoms with van der Waals surface area (Å²) in [4.78, 5) is 12.4. The van der Waals surface area contributed by atoms with Crippen LogP contribution >= 0.6 is 0 Å². The highest BCUT2D eigenvalue weighted by atomic mass is 16.5. The molecule has 0 bridgehead atoms. The monoisotopic (exact) mass is 351 g/mol. The summed E-state index contributed by atoms with van der Waals surface area (Å²) in [7, 11) is 0. The summed E-state index contributed by atoms with van der Waals surface area (Å²) < 4.78 is 16.6. The van der Waals surface area contributed by atoms with Crippen LogP contribution < -0.4 is 14.2 Å². The molecule has 2 aromatic rings. The Morgan fingerprint density at radius 2 is 1.42 bits per heavy atom. The quantitative estimate of drug-likeness (QED) is 0.571. The highest BCUT2D eigenvalue weighted by Crippen LogP contribution is 2.26. The number of ether oxygens (including phenoxy) is 3. The number of benzene rings is 1. The van der Waals surface area contributed by atoms with Gasteiger partial charge in [-0.05, 0) is 11.6 Å². The molecule has 1 unspecified atom stereocenters. The molecule has 0 amide bonds. The lowest BCUT2D eigenvalue weighted by Gasteiger charge is -2.17. The molecule has 0 saturated heterocycles. The number of hydrogen-bond donors (Lipinski definition) is 0. The average molecular weight is 351 g/mol. The maximum atomic E-state index is 5.89. The summed E-state index contributed by atoms with van der Waals surface area (Å²) in [5.41, 5.74) is 1.82. The molecule has 0 aliphatic rings. The molecule has 6 nitrogen and oxygen atoms in total. The Kier molecular flexibility index (Phi) is 7.12. The predicted molar refractivity (Wildman–Crippen MR) is 101 cm³/mol. The lowest BCUT2D eigenvalue weighted by Crippen LogP contribution is -2.11. The van der Waals surface area contributed by atoms with E-state index in [1.165, 1.54) is 0 Å². The van der Waals surface area contributed by atoms with E-state index in [0.717, 1.165) is 11.1 Å². The van der Waals surface area contributed by atoms with Crippen LogP contribution in [0.5, 0.6) is 18.0 Å². The van der Waals surface area contributed by atoms with Gasteiger partial charge in [-0.2, -0.15) is 0 Å². The molecular weight excluding hydrogens is 330 g/mol. The third-order valence-corrected chi connectivity index (χ3v) is 3.20. The maximum Gasteiger partial charge on any atom is 0.326 e. The zero-order valence-electron chi connectivity index (χ0n) is 14.5. The van der Waals surface area contributed by atoms with Crippen LogP contribution in [0, 0.1) is 0 Å². The van der Waals surface area contributed by atoms with Gasteiger partial charge in [-0.25, -0.2) is 0 Å². The Morgan fingerprint density at radius 1 is 0.846 bits per heavy atom. The van der Waals surface area contributed by atoms with Crippen molar-refractivity contribution < 1.29 is 14.2 Å². The Bertz CT molecular complexity index is 759. The topological polar surface area (TPSA) is 66.4 Å². The molecule has 0 N–H and O–H groups in total. The van der Waals surface area contributed by atoms with E-state index in [-0.39, 0.29) is 31.2 Å². The minimum absolute atomic E-state index is 0.0573. The van der Waals surface area contributed by atoms with E-state index < -0.39 is 6.10 Å². The molecular formula is C20H21N3O3. The van der Waals surface area contributed by atoms with Crippen LogP contribution in [0.1, 0.15) is 17.2 Å².